The summed E-state index contributed by atoms with van der Waals surface area (Å²) in [5.74, 6) is 0.452. The van der Waals surface area contributed by atoms with E-state index in [1.165, 1.54) is 10.6 Å². The lowest BCUT2D eigenvalue weighted by Crippen LogP contribution is -2.47. The molecule has 0 aliphatic carbocycles. The molecular formula is C11H20NO. The van der Waals surface area contributed by atoms with Gasteiger partial charge >= 0.3 is 0 Å². The lowest BCUT2D eigenvalue weighted by atomic mass is 9.88. The normalized spacial score (nSPS) is 26.6. The first-order valence-electron chi connectivity index (χ1n) is 4.90. The number of hydrogen-bond acceptors (Lipinski definition) is 1. The van der Waals surface area contributed by atoms with Crippen molar-refractivity contribution in [2.45, 2.75) is 52.6 Å². The van der Waals surface area contributed by atoms with E-state index < -0.39 is 0 Å². The fraction of sp³-hybridized carbons (Fsp3) is 0.818. The summed E-state index contributed by atoms with van der Waals surface area (Å²) in [5, 5.41) is 13.1. The van der Waals surface area contributed by atoms with Gasteiger partial charge in [0.05, 0.1) is 11.1 Å². The molecule has 0 aromatic rings. The molecule has 0 aromatic heterocycles. The monoisotopic (exact) mass is 182 g/mol. The van der Waals surface area contributed by atoms with Crippen molar-refractivity contribution in [2.24, 2.45) is 5.92 Å². The van der Waals surface area contributed by atoms with Gasteiger partial charge in [-0.25, -0.2) is 0 Å². The van der Waals surface area contributed by atoms with Crippen molar-refractivity contribution in [3.63, 3.8) is 0 Å². The van der Waals surface area contributed by atoms with Gasteiger partial charge in [0.1, 0.15) is 0 Å². The minimum Gasteiger partial charge on any atom is -0.136 e. The van der Waals surface area contributed by atoms with Crippen LogP contribution in [-0.4, -0.2) is 16.1 Å². The Kier molecular flexibility index (Phi) is 2.33. The van der Waals surface area contributed by atoms with E-state index in [0.717, 1.165) is 0 Å². The van der Waals surface area contributed by atoms with Crippen LogP contribution in [0.1, 0.15) is 41.5 Å². The minimum absolute atomic E-state index is 0.336. The van der Waals surface area contributed by atoms with Crippen molar-refractivity contribution >= 4 is 0 Å². The molecule has 2 nitrogen and oxygen atoms in total. The van der Waals surface area contributed by atoms with Crippen molar-refractivity contribution in [3.05, 3.63) is 11.6 Å². The largest absolute Gasteiger partial charge is 0.136 e. The zero-order valence-corrected chi connectivity index (χ0v) is 9.51. The molecule has 0 spiro atoms. The molecule has 0 saturated carbocycles. The smallest absolute Gasteiger partial charge is 0.0658 e. The molecule has 0 fully saturated rings. The van der Waals surface area contributed by atoms with Crippen LogP contribution in [0.2, 0.25) is 0 Å². The van der Waals surface area contributed by atoms with Gasteiger partial charge in [-0.05, 0) is 39.2 Å². The SMILES string of the molecule is CC(C)C1=CC(C)(C)N([O])C1(C)C. The van der Waals surface area contributed by atoms with E-state index in [1.54, 1.807) is 0 Å². The first kappa shape index (κ1) is 10.7. The molecule has 1 aliphatic rings. The average molecular weight is 182 g/mol. The Labute approximate surface area is 81.2 Å². The fourth-order valence-corrected chi connectivity index (χ4v) is 2.33. The van der Waals surface area contributed by atoms with Gasteiger partial charge in [-0.3, -0.25) is 0 Å². The van der Waals surface area contributed by atoms with Gasteiger partial charge in [0.25, 0.3) is 0 Å². The molecule has 1 rings (SSSR count). The van der Waals surface area contributed by atoms with Crippen molar-refractivity contribution in [1.82, 2.24) is 5.06 Å². The van der Waals surface area contributed by atoms with E-state index in [4.69, 9.17) is 0 Å². The summed E-state index contributed by atoms with van der Waals surface area (Å²) in [7, 11) is 0. The summed E-state index contributed by atoms with van der Waals surface area (Å²) in [6.07, 6.45) is 2.12. The predicted octanol–water partition coefficient (Wildman–Crippen LogP) is 2.79. The molecule has 0 aromatic carbocycles. The van der Waals surface area contributed by atoms with Crippen molar-refractivity contribution in [3.8, 4) is 0 Å². The predicted molar refractivity (Wildman–Crippen MR) is 53.6 cm³/mol. The first-order chi connectivity index (χ1) is 5.69. The molecule has 0 bridgehead atoms. The molecule has 75 valence electrons. The Morgan fingerprint density at radius 2 is 1.69 bits per heavy atom. The van der Waals surface area contributed by atoms with Crippen LogP contribution in [-0.2, 0) is 5.21 Å². The summed E-state index contributed by atoms with van der Waals surface area (Å²) < 4.78 is 0. The van der Waals surface area contributed by atoms with Crippen LogP contribution >= 0.6 is 0 Å². The number of nitrogens with zero attached hydrogens (tertiary/aromatic N) is 1. The van der Waals surface area contributed by atoms with Crippen LogP contribution in [0.15, 0.2) is 11.6 Å². The van der Waals surface area contributed by atoms with Crippen LogP contribution < -0.4 is 0 Å². The minimum atomic E-state index is -0.344. The first-order valence-corrected chi connectivity index (χ1v) is 4.90. The van der Waals surface area contributed by atoms with Gasteiger partial charge in [0, 0.05) is 0 Å². The standard InChI is InChI=1S/C11H20NO/c1-8(2)9-7-10(3,4)12(13)11(9,5)6/h7-8H,1-6H3. The summed E-state index contributed by atoms with van der Waals surface area (Å²) in [5.41, 5.74) is 0.577. The molecule has 0 unspecified atom stereocenters. The van der Waals surface area contributed by atoms with Crippen molar-refractivity contribution in [1.29, 1.82) is 0 Å². The summed E-state index contributed by atoms with van der Waals surface area (Å²) in [6.45, 7) is 12.2. The van der Waals surface area contributed by atoms with Crippen LogP contribution in [0, 0.1) is 5.92 Å². The van der Waals surface area contributed by atoms with Crippen molar-refractivity contribution in [2.75, 3.05) is 0 Å². The lowest BCUT2D eigenvalue weighted by Gasteiger charge is -2.34. The zero-order chi connectivity index (χ0) is 10.4. The Morgan fingerprint density at radius 1 is 1.23 bits per heavy atom. The van der Waals surface area contributed by atoms with Crippen LogP contribution in [0.3, 0.4) is 0 Å². The third-order valence-corrected chi connectivity index (χ3v) is 2.87. The maximum absolute atomic E-state index is 11.9. The second kappa shape index (κ2) is 2.82. The van der Waals surface area contributed by atoms with Gasteiger partial charge in [-0.1, -0.05) is 19.9 Å². The number of hydrogen-bond donors (Lipinski definition) is 0. The molecule has 1 aliphatic heterocycles. The zero-order valence-electron chi connectivity index (χ0n) is 9.51. The summed E-state index contributed by atoms with van der Waals surface area (Å²) >= 11 is 0. The van der Waals surface area contributed by atoms with Gasteiger partial charge in [-0.15, -0.1) is 10.3 Å². The quantitative estimate of drug-likeness (QED) is 0.572. The molecule has 1 heterocycles. The van der Waals surface area contributed by atoms with Crippen molar-refractivity contribution < 1.29 is 5.21 Å². The van der Waals surface area contributed by atoms with Crippen LogP contribution in [0.4, 0.5) is 0 Å². The van der Waals surface area contributed by atoms with E-state index in [0.29, 0.717) is 5.92 Å². The van der Waals surface area contributed by atoms with Gasteiger partial charge in [-0.2, -0.15) is 0 Å². The molecule has 0 saturated heterocycles. The van der Waals surface area contributed by atoms with Gasteiger partial charge < -0.3 is 0 Å². The van der Waals surface area contributed by atoms with E-state index >= 15 is 0 Å². The number of hydroxylamine groups is 2. The Balaban J connectivity index is 3.10. The second-order valence-electron chi connectivity index (χ2n) is 5.26. The molecule has 0 amide bonds. The van der Waals surface area contributed by atoms with Crippen LogP contribution in [0.25, 0.3) is 0 Å². The molecule has 2 heteroatoms. The van der Waals surface area contributed by atoms with E-state index in [-0.39, 0.29) is 11.1 Å². The topological polar surface area (TPSA) is 23.1 Å². The number of rotatable bonds is 1. The molecule has 0 atom stereocenters. The van der Waals surface area contributed by atoms with E-state index in [1.807, 2.05) is 27.7 Å². The maximum Gasteiger partial charge on any atom is 0.0658 e. The third-order valence-electron chi connectivity index (χ3n) is 2.87. The maximum atomic E-state index is 11.9. The second-order valence-corrected chi connectivity index (χ2v) is 5.26. The summed E-state index contributed by atoms with van der Waals surface area (Å²) in [6, 6.07) is 0. The Hall–Kier alpha value is -0.340. The van der Waals surface area contributed by atoms with Gasteiger partial charge in [0.15, 0.2) is 0 Å². The Morgan fingerprint density at radius 3 is 1.85 bits per heavy atom. The van der Waals surface area contributed by atoms with Gasteiger partial charge in [0.2, 0.25) is 0 Å². The highest BCUT2D eigenvalue weighted by Gasteiger charge is 2.46. The molecule has 13 heavy (non-hydrogen) atoms. The highest BCUT2D eigenvalue weighted by molar-refractivity contribution is 5.30. The third kappa shape index (κ3) is 1.53. The molecule has 0 N–H and O–H groups in total. The van der Waals surface area contributed by atoms with E-state index in [9.17, 15) is 5.21 Å². The highest BCUT2D eigenvalue weighted by atomic mass is 16.5. The Bertz CT molecular complexity index is 238. The molecule has 1 radical (unpaired) electrons. The lowest BCUT2D eigenvalue weighted by molar-refractivity contribution is -0.239. The van der Waals surface area contributed by atoms with E-state index in [2.05, 4.69) is 19.9 Å². The van der Waals surface area contributed by atoms with Crippen LogP contribution in [0.5, 0.6) is 0 Å². The fourth-order valence-electron chi connectivity index (χ4n) is 2.33. The molecular weight excluding hydrogens is 162 g/mol. The average Bonchev–Trinajstić information content (AvgIpc) is 2.11. The highest BCUT2D eigenvalue weighted by Crippen LogP contribution is 2.41. The summed E-state index contributed by atoms with van der Waals surface area (Å²) in [4.78, 5) is 0.